The zero-order chi connectivity index (χ0) is 12.8. The van der Waals surface area contributed by atoms with Gasteiger partial charge in [0.05, 0.1) is 0 Å². The molecule has 2 unspecified atom stereocenters. The molecule has 1 heterocycles. The van der Waals surface area contributed by atoms with Gasteiger partial charge in [0.15, 0.2) is 0 Å². The van der Waals surface area contributed by atoms with Crippen molar-refractivity contribution in [2.45, 2.75) is 64.8 Å². The van der Waals surface area contributed by atoms with E-state index in [1.165, 1.54) is 64.6 Å². The van der Waals surface area contributed by atoms with E-state index in [-0.39, 0.29) is 0 Å². The minimum atomic E-state index is 0.751. The maximum absolute atomic E-state index is 3.77. The predicted octanol–water partition coefficient (Wildman–Crippen LogP) is 3.28. The van der Waals surface area contributed by atoms with E-state index in [1.807, 2.05) is 0 Å². The Bertz CT molecular complexity index is 223. The average molecular weight is 252 g/mol. The fraction of sp³-hybridized carbons (Fsp3) is 1.00. The van der Waals surface area contributed by atoms with Crippen LogP contribution in [0.5, 0.6) is 0 Å². The van der Waals surface area contributed by atoms with Gasteiger partial charge in [0, 0.05) is 19.1 Å². The molecule has 0 spiro atoms. The largest absolute Gasteiger partial charge is 0.313 e. The van der Waals surface area contributed by atoms with E-state index in [1.54, 1.807) is 0 Å². The SMILES string of the molecule is CCNC(CN1CCCC(C)C1)C1CCCCC1. The summed E-state index contributed by atoms with van der Waals surface area (Å²) in [6.45, 7) is 9.75. The Morgan fingerprint density at radius 3 is 2.56 bits per heavy atom. The van der Waals surface area contributed by atoms with Gasteiger partial charge in [-0.2, -0.15) is 0 Å². The maximum atomic E-state index is 3.77. The lowest BCUT2D eigenvalue weighted by Crippen LogP contribution is -2.48. The Morgan fingerprint density at radius 1 is 1.11 bits per heavy atom. The number of nitrogens with zero attached hydrogens (tertiary/aromatic N) is 1. The lowest BCUT2D eigenvalue weighted by molar-refractivity contribution is 0.139. The van der Waals surface area contributed by atoms with Gasteiger partial charge in [0.1, 0.15) is 0 Å². The van der Waals surface area contributed by atoms with Gasteiger partial charge in [-0.05, 0) is 50.6 Å². The second-order valence-electron chi connectivity index (χ2n) is 6.57. The Balaban J connectivity index is 1.84. The van der Waals surface area contributed by atoms with Crippen LogP contribution in [0.3, 0.4) is 0 Å². The van der Waals surface area contributed by atoms with Crippen molar-refractivity contribution in [1.29, 1.82) is 0 Å². The molecule has 0 bridgehead atoms. The highest BCUT2D eigenvalue weighted by Gasteiger charge is 2.26. The highest BCUT2D eigenvalue weighted by Crippen LogP contribution is 2.27. The van der Waals surface area contributed by atoms with E-state index in [0.29, 0.717) is 0 Å². The fourth-order valence-corrected chi connectivity index (χ4v) is 3.91. The molecule has 106 valence electrons. The van der Waals surface area contributed by atoms with Crippen LogP contribution in [0.25, 0.3) is 0 Å². The normalized spacial score (nSPS) is 29.3. The van der Waals surface area contributed by atoms with Crippen molar-refractivity contribution >= 4 is 0 Å². The van der Waals surface area contributed by atoms with Crippen molar-refractivity contribution in [2.75, 3.05) is 26.2 Å². The molecule has 2 atom stereocenters. The van der Waals surface area contributed by atoms with E-state index in [0.717, 1.165) is 24.4 Å². The lowest BCUT2D eigenvalue weighted by Gasteiger charge is -2.38. The number of likely N-dealkylation sites (tertiary alicyclic amines) is 1. The first-order chi connectivity index (χ1) is 8.79. The smallest absolute Gasteiger partial charge is 0.0223 e. The van der Waals surface area contributed by atoms with Gasteiger partial charge in [-0.15, -0.1) is 0 Å². The first-order valence-electron chi connectivity index (χ1n) is 8.25. The molecule has 2 aliphatic rings. The van der Waals surface area contributed by atoms with Gasteiger partial charge in [-0.1, -0.05) is 33.1 Å². The molecule has 1 aliphatic carbocycles. The van der Waals surface area contributed by atoms with Crippen molar-refractivity contribution in [1.82, 2.24) is 10.2 Å². The minimum absolute atomic E-state index is 0.751. The van der Waals surface area contributed by atoms with Crippen LogP contribution >= 0.6 is 0 Å². The van der Waals surface area contributed by atoms with Crippen LogP contribution in [0.15, 0.2) is 0 Å². The van der Waals surface area contributed by atoms with Crippen molar-refractivity contribution in [3.8, 4) is 0 Å². The summed E-state index contributed by atoms with van der Waals surface area (Å²) in [7, 11) is 0. The van der Waals surface area contributed by atoms with Gasteiger partial charge in [0.25, 0.3) is 0 Å². The molecule has 0 amide bonds. The molecular formula is C16H32N2. The highest BCUT2D eigenvalue weighted by molar-refractivity contribution is 4.83. The molecular weight excluding hydrogens is 220 g/mol. The molecule has 1 aliphatic heterocycles. The van der Waals surface area contributed by atoms with Crippen LogP contribution < -0.4 is 5.32 Å². The number of rotatable bonds is 5. The highest BCUT2D eigenvalue weighted by atomic mass is 15.2. The van der Waals surface area contributed by atoms with Gasteiger partial charge in [-0.3, -0.25) is 0 Å². The Hall–Kier alpha value is -0.0800. The molecule has 1 N–H and O–H groups in total. The summed E-state index contributed by atoms with van der Waals surface area (Å²) in [6.07, 6.45) is 10.2. The molecule has 2 heteroatoms. The molecule has 1 saturated heterocycles. The summed E-state index contributed by atoms with van der Waals surface area (Å²) in [5.41, 5.74) is 0. The Kier molecular flexibility index (Phi) is 5.97. The molecule has 1 saturated carbocycles. The maximum Gasteiger partial charge on any atom is 0.0223 e. The summed E-state index contributed by atoms with van der Waals surface area (Å²) >= 11 is 0. The molecule has 2 nitrogen and oxygen atoms in total. The molecule has 0 radical (unpaired) electrons. The molecule has 18 heavy (non-hydrogen) atoms. The molecule has 0 aromatic heterocycles. The minimum Gasteiger partial charge on any atom is -0.313 e. The van der Waals surface area contributed by atoms with Gasteiger partial charge < -0.3 is 10.2 Å². The topological polar surface area (TPSA) is 15.3 Å². The Morgan fingerprint density at radius 2 is 1.89 bits per heavy atom. The Labute approximate surface area is 114 Å². The van der Waals surface area contributed by atoms with Gasteiger partial charge >= 0.3 is 0 Å². The first-order valence-corrected chi connectivity index (χ1v) is 8.25. The molecule has 2 fully saturated rings. The number of hydrogen-bond acceptors (Lipinski definition) is 2. The zero-order valence-electron chi connectivity index (χ0n) is 12.5. The second kappa shape index (κ2) is 7.49. The summed E-state index contributed by atoms with van der Waals surface area (Å²) < 4.78 is 0. The van der Waals surface area contributed by atoms with Crippen molar-refractivity contribution < 1.29 is 0 Å². The van der Waals surface area contributed by atoms with Crippen molar-refractivity contribution in [3.05, 3.63) is 0 Å². The lowest BCUT2D eigenvalue weighted by atomic mass is 9.83. The monoisotopic (exact) mass is 252 g/mol. The summed E-state index contributed by atoms with van der Waals surface area (Å²) in [6, 6.07) is 0.751. The number of piperidine rings is 1. The summed E-state index contributed by atoms with van der Waals surface area (Å²) in [5, 5.41) is 3.77. The average Bonchev–Trinajstić information content (AvgIpc) is 2.39. The van der Waals surface area contributed by atoms with Crippen LogP contribution in [-0.2, 0) is 0 Å². The van der Waals surface area contributed by atoms with Crippen LogP contribution in [0.1, 0.15) is 58.8 Å². The second-order valence-corrected chi connectivity index (χ2v) is 6.57. The van der Waals surface area contributed by atoms with E-state index >= 15 is 0 Å². The third-order valence-electron chi connectivity index (χ3n) is 4.88. The van der Waals surface area contributed by atoms with E-state index in [9.17, 15) is 0 Å². The summed E-state index contributed by atoms with van der Waals surface area (Å²) in [4.78, 5) is 2.72. The quantitative estimate of drug-likeness (QED) is 0.808. The van der Waals surface area contributed by atoms with E-state index in [2.05, 4.69) is 24.1 Å². The molecule has 0 aromatic carbocycles. The predicted molar refractivity (Wildman–Crippen MR) is 78.9 cm³/mol. The number of hydrogen-bond donors (Lipinski definition) is 1. The van der Waals surface area contributed by atoms with Crippen molar-refractivity contribution in [3.63, 3.8) is 0 Å². The van der Waals surface area contributed by atoms with Gasteiger partial charge in [0.2, 0.25) is 0 Å². The number of nitrogens with one attached hydrogen (secondary N) is 1. The van der Waals surface area contributed by atoms with Crippen LogP contribution in [-0.4, -0.2) is 37.1 Å². The van der Waals surface area contributed by atoms with Gasteiger partial charge in [-0.25, -0.2) is 0 Å². The third kappa shape index (κ3) is 4.24. The van der Waals surface area contributed by atoms with Crippen LogP contribution in [0.4, 0.5) is 0 Å². The third-order valence-corrected chi connectivity index (χ3v) is 4.88. The zero-order valence-corrected chi connectivity index (χ0v) is 12.5. The van der Waals surface area contributed by atoms with Crippen LogP contribution in [0, 0.1) is 11.8 Å². The summed E-state index contributed by atoms with van der Waals surface area (Å²) in [5.74, 6) is 1.85. The van der Waals surface area contributed by atoms with Crippen LogP contribution in [0.2, 0.25) is 0 Å². The van der Waals surface area contributed by atoms with E-state index in [4.69, 9.17) is 0 Å². The standard InChI is InChI=1S/C16H32N2/c1-3-17-16(15-9-5-4-6-10-15)13-18-11-7-8-14(2)12-18/h14-17H,3-13H2,1-2H3. The fourth-order valence-electron chi connectivity index (χ4n) is 3.91. The molecule has 0 aromatic rings. The number of likely N-dealkylation sites (N-methyl/N-ethyl adjacent to an activating group) is 1. The molecule has 2 rings (SSSR count). The first kappa shape index (κ1) is 14.3. The van der Waals surface area contributed by atoms with Crippen molar-refractivity contribution in [2.24, 2.45) is 11.8 Å². The van der Waals surface area contributed by atoms with E-state index < -0.39 is 0 Å².